The lowest BCUT2D eigenvalue weighted by atomic mass is 9.90. The maximum atomic E-state index is 4.57. The molecule has 3 heteroatoms. The van der Waals surface area contributed by atoms with Crippen LogP contribution >= 0.6 is 0 Å². The van der Waals surface area contributed by atoms with E-state index in [0.717, 1.165) is 5.69 Å². The van der Waals surface area contributed by atoms with Gasteiger partial charge in [0.15, 0.2) is 0 Å². The summed E-state index contributed by atoms with van der Waals surface area (Å²) in [6, 6.07) is 0.340. The van der Waals surface area contributed by atoms with Gasteiger partial charge in [-0.1, -0.05) is 24.5 Å². The summed E-state index contributed by atoms with van der Waals surface area (Å²) in [5.74, 6) is 0. The Labute approximate surface area is 117 Å². The minimum atomic E-state index is 0.340. The van der Waals surface area contributed by atoms with Crippen LogP contribution in [0, 0.1) is 13.8 Å². The lowest BCUT2D eigenvalue weighted by Gasteiger charge is -2.22. The van der Waals surface area contributed by atoms with Gasteiger partial charge >= 0.3 is 0 Å². The molecule has 1 aromatic heterocycles. The van der Waals surface area contributed by atoms with Gasteiger partial charge in [0.2, 0.25) is 0 Å². The average Bonchev–Trinajstić information content (AvgIpc) is 2.58. The summed E-state index contributed by atoms with van der Waals surface area (Å²) < 4.78 is 2.00. The van der Waals surface area contributed by atoms with Crippen molar-refractivity contribution < 1.29 is 0 Å². The molecule has 0 saturated carbocycles. The zero-order chi connectivity index (χ0) is 13.8. The largest absolute Gasteiger partial charge is 0.309 e. The highest BCUT2D eigenvalue weighted by Crippen LogP contribution is 2.31. The van der Waals surface area contributed by atoms with E-state index in [-0.39, 0.29) is 0 Å². The molecule has 0 spiro atoms. The Bertz CT molecular complexity index is 457. The Morgan fingerprint density at radius 1 is 1.21 bits per heavy atom. The number of rotatable bonds is 3. The first-order valence-corrected chi connectivity index (χ1v) is 7.51. The van der Waals surface area contributed by atoms with Gasteiger partial charge in [-0.25, -0.2) is 0 Å². The lowest BCUT2D eigenvalue weighted by molar-refractivity contribution is 0.571. The highest BCUT2D eigenvalue weighted by molar-refractivity contribution is 5.35. The Balaban J connectivity index is 2.32. The van der Waals surface area contributed by atoms with Crippen LogP contribution in [-0.4, -0.2) is 16.8 Å². The van der Waals surface area contributed by atoms with Crippen LogP contribution in [0.5, 0.6) is 0 Å². The van der Waals surface area contributed by atoms with E-state index >= 15 is 0 Å². The molecule has 0 radical (unpaired) electrons. The van der Waals surface area contributed by atoms with Crippen molar-refractivity contribution in [2.75, 3.05) is 7.05 Å². The molecule has 0 saturated heterocycles. The Morgan fingerprint density at radius 2 is 1.95 bits per heavy atom. The Kier molecular flexibility index (Phi) is 4.81. The van der Waals surface area contributed by atoms with Crippen LogP contribution in [0.3, 0.4) is 0 Å². The molecule has 1 aliphatic carbocycles. The number of aryl methyl sites for hydroxylation is 2. The van der Waals surface area contributed by atoms with Crippen molar-refractivity contribution in [2.45, 2.75) is 58.4 Å². The summed E-state index contributed by atoms with van der Waals surface area (Å²) in [6.07, 6.45) is 10.3. The van der Waals surface area contributed by atoms with Crippen molar-refractivity contribution in [3.8, 4) is 0 Å². The maximum Gasteiger partial charge on any atom is 0.0647 e. The van der Waals surface area contributed by atoms with Gasteiger partial charge in [-0.15, -0.1) is 0 Å². The predicted molar refractivity (Wildman–Crippen MR) is 80.3 cm³/mol. The molecule has 3 nitrogen and oxygen atoms in total. The molecule has 0 bridgehead atoms. The van der Waals surface area contributed by atoms with Gasteiger partial charge in [0.1, 0.15) is 0 Å². The molecule has 1 aromatic rings. The molecule has 1 aliphatic rings. The number of nitrogens with one attached hydrogen (secondary N) is 1. The molecule has 0 aliphatic heterocycles. The number of nitrogens with zero attached hydrogens (tertiary/aromatic N) is 2. The normalized spacial score (nSPS) is 18.6. The fourth-order valence-corrected chi connectivity index (χ4v) is 3.20. The van der Waals surface area contributed by atoms with Crippen LogP contribution in [0.4, 0.5) is 0 Å². The van der Waals surface area contributed by atoms with E-state index in [1.807, 2.05) is 11.7 Å². The van der Waals surface area contributed by atoms with Gasteiger partial charge in [-0.3, -0.25) is 4.68 Å². The van der Waals surface area contributed by atoms with E-state index in [2.05, 4.69) is 37.4 Å². The molecule has 1 atom stereocenters. The van der Waals surface area contributed by atoms with E-state index in [0.29, 0.717) is 6.04 Å². The third-order valence-electron chi connectivity index (χ3n) is 4.34. The number of aromatic nitrogens is 2. The van der Waals surface area contributed by atoms with Gasteiger partial charge in [0, 0.05) is 18.3 Å². The number of allylic oxidation sites excluding steroid dienone is 1. The minimum absolute atomic E-state index is 0.340. The molecule has 106 valence electrons. The van der Waals surface area contributed by atoms with Crippen LogP contribution in [0.1, 0.15) is 61.5 Å². The third kappa shape index (κ3) is 3.08. The summed E-state index contributed by atoms with van der Waals surface area (Å²) in [6.45, 7) is 4.29. The van der Waals surface area contributed by atoms with Crippen molar-refractivity contribution in [1.29, 1.82) is 0 Å². The number of likely N-dealkylation sites (N-methyl/N-ethyl adjacent to an activating group) is 1. The molecule has 0 fully saturated rings. The quantitative estimate of drug-likeness (QED) is 0.843. The topological polar surface area (TPSA) is 29.9 Å². The molecule has 0 amide bonds. The van der Waals surface area contributed by atoms with E-state index in [1.165, 1.54) is 49.8 Å². The first kappa shape index (κ1) is 14.3. The fraction of sp³-hybridized carbons (Fsp3) is 0.688. The SMILES string of the molecule is CNC(C1=CCCCCCC1)c1c(C)nn(C)c1C. The van der Waals surface area contributed by atoms with Crippen LogP contribution in [-0.2, 0) is 7.05 Å². The molecular weight excluding hydrogens is 234 g/mol. The highest BCUT2D eigenvalue weighted by Gasteiger charge is 2.22. The van der Waals surface area contributed by atoms with Gasteiger partial charge in [-0.2, -0.15) is 5.10 Å². The molecule has 0 aromatic carbocycles. The van der Waals surface area contributed by atoms with Crippen LogP contribution in [0.15, 0.2) is 11.6 Å². The van der Waals surface area contributed by atoms with Crippen LogP contribution in [0.2, 0.25) is 0 Å². The second-order valence-electron chi connectivity index (χ2n) is 5.66. The second-order valence-corrected chi connectivity index (χ2v) is 5.66. The van der Waals surface area contributed by atoms with E-state index in [1.54, 1.807) is 5.57 Å². The first-order chi connectivity index (χ1) is 9.15. The second kappa shape index (κ2) is 6.38. The first-order valence-electron chi connectivity index (χ1n) is 7.51. The molecule has 1 heterocycles. The summed E-state index contributed by atoms with van der Waals surface area (Å²) in [5.41, 5.74) is 5.36. The Hall–Kier alpha value is -1.09. The Morgan fingerprint density at radius 3 is 2.58 bits per heavy atom. The smallest absolute Gasteiger partial charge is 0.0647 e. The summed E-state index contributed by atoms with van der Waals surface area (Å²) in [5, 5.41) is 8.08. The number of hydrogen-bond donors (Lipinski definition) is 1. The van der Waals surface area contributed by atoms with E-state index in [9.17, 15) is 0 Å². The summed E-state index contributed by atoms with van der Waals surface area (Å²) in [4.78, 5) is 0. The lowest BCUT2D eigenvalue weighted by Crippen LogP contribution is -2.20. The monoisotopic (exact) mass is 261 g/mol. The number of hydrogen-bond acceptors (Lipinski definition) is 2. The summed E-state index contributed by atoms with van der Waals surface area (Å²) >= 11 is 0. The average molecular weight is 261 g/mol. The predicted octanol–water partition coefficient (Wildman–Crippen LogP) is 3.58. The zero-order valence-corrected chi connectivity index (χ0v) is 12.8. The standard InChI is InChI=1S/C16H27N3/c1-12-15(13(2)19(4)18-12)16(17-3)14-10-8-6-5-7-9-11-14/h10,16-17H,5-9,11H2,1-4H3. The highest BCUT2D eigenvalue weighted by atomic mass is 15.3. The van der Waals surface area contributed by atoms with Gasteiger partial charge in [-0.05, 0) is 46.6 Å². The molecule has 2 rings (SSSR count). The van der Waals surface area contributed by atoms with Crippen molar-refractivity contribution in [1.82, 2.24) is 15.1 Å². The molecule has 1 unspecified atom stereocenters. The molecule has 1 N–H and O–H groups in total. The van der Waals surface area contributed by atoms with Crippen LogP contribution < -0.4 is 5.32 Å². The third-order valence-corrected chi connectivity index (χ3v) is 4.34. The van der Waals surface area contributed by atoms with Crippen molar-refractivity contribution in [3.63, 3.8) is 0 Å². The fourth-order valence-electron chi connectivity index (χ4n) is 3.20. The van der Waals surface area contributed by atoms with E-state index < -0.39 is 0 Å². The van der Waals surface area contributed by atoms with Crippen molar-refractivity contribution in [3.05, 3.63) is 28.6 Å². The van der Waals surface area contributed by atoms with Gasteiger partial charge in [0.05, 0.1) is 11.7 Å². The van der Waals surface area contributed by atoms with Gasteiger partial charge < -0.3 is 5.32 Å². The maximum absolute atomic E-state index is 4.57. The summed E-state index contributed by atoms with van der Waals surface area (Å²) in [7, 11) is 4.10. The molecular formula is C16H27N3. The van der Waals surface area contributed by atoms with Crippen molar-refractivity contribution in [2.24, 2.45) is 7.05 Å². The van der Waals surface area contributed by atoms with Crippen molar-refractivity contribution >= 4 is 0 Å². The minimum Gasteiger partial charge on any atom is -0.309 e. The van der Waals surface area contributed by atoms with Gasteiger partial charge in [0.25, 0.3) is 0 Å². The molecule has 19 heavy (non-hydrogen) atoms. The zero-order valence-electron chi connectivity index (χ0n) is 12.8. The van der Waals surface area contributed by atoms with E-state index in [4.69, 9.17) is 0 Å². The van der Waals surface area contributed by atoms with Crippen LogP contribution in [0.25, 0.3) is 0 Å².